The molecule has 0 bridgehead atoms. The van der Waals surface area contributed by atoms with Gasteiger partial charge in [-0.1, -0.05) is 19.3 Å². The molecule has 0 heterocycles. The van der Waals surface area contributed by atoms with E-state index in [1.54, 1.807) is 7.11 Å². The van der Waals surface area contributed by atoms with Crippen LogP contribution in [0.25, 0.3) is 0 Å². The van der Waals surface area contributed by atoms with E-state index >= 15 is 0 Å². The second-order valence-electron chi connectivity index (χ2n) is 5.77. The summed E-state index contributed by atoms with van der Waals surface area (Å²) in [5.41, 5.74) is 5.98. The average Bonchev–Trinajstić information content (AvgIpc) is 2.39. The standard InChI is InChI=1S/C14H29N3O2/c1-12(10-19-3)16-13(18)9-17(2)14(11-15)7-5-4-6-8-14/h12H,4-11,15H2,1-3H3,(H,16,18). The molecular formula is C14H29N3O2. The van der Waals surface area contributed by atoms with Crippen LogP contribution in [0, 0.1) is 0 Å². The van der Waals surface area contributed by atoms with Crippen LogP contribution in [0.15, 0.2) is 0 Å². The third-order valence-electron chi connectivity index (χ3n) is 4.18. The quantitative estimate of drug-likeness (QED) is 0.716. The lowest BCUT2D eigenvalue weighted by Gasteiger charge is -2.43. The predicted octanol–water partition coefficient (Wildman–Crippen LogP) is 0.731. The molecule has 0 aromatic carbocycles. The molecule has 1 saturated carbocycles. The minimum absolute atomic E-state index is 0.0140. The van der Waals surface area contributed by atoms with Crippen molar-refractivity contribution in [2.45, 2.75) is 50.6 Å². The average molecular weight is 271 g/mol. The summed E-state index contributed by atoms with van der Waals surface area (Å²) in [5.74, 6) is 0.0467. The molecule has 0 aromatic heterocycles. The van der Waals surface area contributed by atoms with Crippen LogP contribution in [0.5, 0.6) is 0 Å². The molecule has 1 amide bonds. The number of amides is 1. The van der Waals surface area contributed by atoms with E-state index in [2.05, 4.69) is 10.2 Å². The van der Waals surface area contributed by atoms with Gasteiger partial charge in [-0.25, -0.2) is 0 Å². The van der Waals surface area contributed by atoms with Gasteiger partial charge < -0.3 is 15.8 Å². The molecule has 1 fully saturated rings. The van der Waals surface area contributed by atoms with Crippen molar-refractivity contribution < 1.29 is 9.53 Å². The maximum Gasteiger partial charge on any atom is 0.234 e. The highest BCUT2D eigenvalue weighted by Crippen LogP contribution is 2.31. The number of nitrogens with zero attached hydrogens (tertiary/aromatic N) is 1. The van der Waals surface area contributed by atoms with Gasteiger partial charge >= 0.3 is 0 Å². The molecule has 0 radical (unpaired) electrons. The molecule has 112 valence electrons. The molecule has 1 rings (SSSR count). The van der Waals surface area contributed by atoms with Gasteiger partial charge in [0.05, 0.1) is 13.2 Å². The van der Waals surface area contributed by atoms with Crippen LogP contribution in [0.1, 0.15) is 39.0 Å². The first-order chi connectivity index (χ1) is 9.04. The number of methoxy groups -OCH3 is 1. The molecule has 0 aliphatic heterocycles. The van der Waals surface area contributed by atoms with Gasteiger partial charge in [-0.15, -0.1) is 0 Å². The number of rotatable bonds is 7. The third kappa shape index (κ3) is 4.75. The van der Waals surface area contributed by atoms with Gasteiger partial charge in [-0.05, 0) is 26.8 Å². The van der Waals surface area contributed by atoms with E-state index in [9.17, 15) is 4.79 Å². The Kier molecular flexibility index (Phi) is 6.75. The van der Waals surface area contributed by atoms with Crippen molar-refractivity contribution >= 4 is 5.91 Å². The summed E-state index contributed by atoms with van der Waals surface area (Å²) < 4.78 is 5.02. The van der Waals surface area contributed by atoms with Crippen molar-refractivity contribution in [2.24, 2.45) is 5.73 Å². The molecule has 0 aromatic rings. The summed E-state index contributed by atoms with van der Waals surface area (Å²) >= 11 is 0. The van der Waals surface area contributed by atoms with Crippen molar-refractivity contribution in [1.29, 1.82) is 0 Å². The maximum atomic E-state index is 12.0. The summed E-state index contributed by atoms with van der Waals surface area (Å²) in [6.45, 7) is 3.52. The Balaban J connectivity index is 2.47. The second-order valence-corrected chi connectivity index (χ2v) is 5.77. The lowest BCUT2D eigenvalue weighted by Crippen LogP contribution is -2.56. The fourth-order valence-corrected chi connectivity index (χ4v) is 2.95. The number of hydrogen-bond donors (Lipinski definition) is 2. The van der Waals surface area contributed by atoms with E-state index in [1.807, 2.05) is 14.0 Å². The van der Waals surface area contributed by atoms with Crippen LogP contribution in [0.4, 0.5) is 0 Å². The SMILES string of the molecule is COCC(C)NC(=O)CN(C)C1(CN)CCCCC1. The van der Waals surface area contributed by atoms with Gasteiger partial charge in [-0.3, -0.25) is 9.69 Å². The minimum atomic E-state index is 0.0140. The summed E-state index contributed by atoms with van der Waals surface area (Å²) in [6, 6.07) is 0.0473. The zero-order valence-electron chi connectivity index (χ0n) is 12.6. The minimum Gasteiger partial charge on any atom is -0.383 e. The van der Waals surface area contributed by atoms with Crippen LogP contribution in [-0.4, -0.2) is 56.2 Å². The summed E-state index contributed by atoms with van der Waals surface area (Å²) in [4.78, 5) is 14.1. The Morgan fingerprint density at radius 3 is 2.58 bits per heavy atom. The molecule has 5 heteroatoms. The lowest BCUT2D eigenvalue weighted by atomic mass is 9.80. The van der Waals surface area contributed by atoms with E-state index in [0.29, 0.717) is 19.7 Å². The largest absolute Gasteiger partial charge is 0.383 e. The Morgan fingerprint density at radius 2 is 2.05 bits per heavy atom. The van der Waals surface area contributed by atoms with Crippen molar-refractivity contribution in [3.63, 3.8) is 0 Å². The topological polar surface area (TPSA) is 67.6 Å². The van der Waals surface area contributed by atoms with Gasteiger partial charge in [0.1, 0.15) is 0 Å². The Morgan fingerprint density at radius 1 is 1.42 bits per heavy atom. The fourth-order valence-electron chi connectivity index (χ4n) is 2.95. The summed E-state index contributed by atoms with van der Waals surface area (Å²) in [6.07, 6.45) is 5.90. The number of nitrogens with two attached hydrogens (primary N) is 1. The Hall–Kier alpha value is -0.650. The van der Waals surface area contributed by atoms with E-state index < -0.39 is 0 Å². The Bertz CT molecular complexity index is 278. The zero-order valence-corrected chi connectivity index (χ0v) is 12.6. The number of carbonyl (C=O) groups excluding carboxylic acids is 1. The van der Waals surface area contributed by atoms with E-state index in [1.165, 1.54) is 19.3 Å². The predicted molar refractivity (Wildman–Crippen MR) is 77.0 cm³/mol. The first-order valence-corrected chi connectivity index (χ1v) is 7.23. The molecule has 1 unspecified atom stereocenters. The smallest absolute Gasteiger partial charge is 0.234 e. The van der Waals surface area contributed by atoms with Crippen molar-refractivity contribution in [2.75, 3.05) is 33.9 Å². The highest BCUT2D eigenvalue weighted by molar-refractivity contribution is 5.78. The zero-order chi connectivity index (χ0) is 14.3. The van der Waals surface area contributed by atoms with Gasteiger partial charge in [0, 0.05) is 25.2 Å². The van der Waals surface area contributed by atoms with Crippen LogP contribution < -0.4 is 11.1 Å². The molecule has 1 aliphatic rings. The fraction of sp³-hybridized carbons (Fsp3) is 0.929. The number of ether oxygens (including phenoxy) is 1. The van der Waals surface area contributed by atoms with Gasteiger partial charge in [0.25, 0.3) is 0 Å². The molecule has 19 heavy (non-hydrogen) atoms. The number of hydrogen-bond acceptors (Lipinski definition) is 4. The highest BCUT2D eigenvalue weighted by atomic mass is 16.5. The van der Waals surface area contributed by atoms with Crippen LogP contribution >= 0.6 is 0 Å². The van der Waals surface area contributed by atoms with Crippen molar-refractivity contribution in [1.82, 2.24) is 10.2 Å². The van der Waals surface area contributed by atoms with E-state index in [4.69, 9.17) is 10.5 Å². The van der Waals surface area contributed by atoms with Crippen molar-refractivity contribution in [3.05, 3.63) is 0 Å². The molecule has 3 N–H and O–H groups in total. The molecule has 5 nitrogen and oxygen atoms in total. The molecule has 0 spiro atoms. The number of nitrogens with one attached hydrogen (secondary N) is 1. The van der Waals surface area contributed by atoms with Crippen LogP contribution in [0.2, 0.25) is 0 Å². The summed E-state index contributed by atoms with van der Waals surface area (Å²) in [5, 5.41) is 2.95. The first-order valence-electron chi connectivity index (χ1n) is 7.23. The number of likely N-dealkylation sites (N-methyl/N-ethyl adjacent to an activating group) is 1. The first kappa shape index (κ1) is 16.4. The van der Waals surface area contributed by atoms with E-state index in [0.717, 1.165) is 12.8 Å². The monoisotopic (exact) mass is 271 g/mol. The number of carbonyl (C=O) groups is 1. The van der Waals surface area contributed by atoms with Crippen molar-refractivity contribution in [3.8, 4) is 0 Å². The van der Waals surface area contributed by atoms with Crippen LogP contribution in [0.3, 0.4) is 0 Å². The normalized spacial score (nSPS) is 20.3. The molecule has 0 saturated heterocycles. The molecule has 1 atom stereocenters. The molecule has 1 aliphatic carbocycles. The molecular weight excluding hydrogens is 242 g/mol. The Labute approximate surface area is 116 Å². The van der Waals surface area contributed by atoms with Gasteiger partial charge in [-0.2, -0.15) is 0 Å². The lowest BCUT2D eigenvalue weighted by molar-refractivity contribution is -0.124. The summed E-state index contributed by atoms with van der Waals surface area (Å²) in [7, 11) is 3.65. The van der Waals surface area contributed by atoms with Gasteiger partial charge in [0.2, 0.25) is 5.91 Å². The van der Waals surface area contributed by atoms with E-state index in [-0.39, 0.29) is 17.5 Å². The maximum absolute atomic E-state index is 12.0. The third-order valence-corrected chi connectivity index (χ3v) is 4.18. The van der Waals surface area contributed by atoms with Crippen LogP contribution in [-0.2, 0) is 9.53 Å². The highest BCUT2D eigenvalue weighted by Gasteiger charge is 2.35. The second kappa shape index (κ2) is 7.82. The van der Waals surface area contributed by atoms with Gasteiger partial charge in [0.15, 0.2) is 0 Å².